The van der Waals surface area contributed by atoms with Gasteiger partial charge in [0.05, 0.1) is 0 Å². The van der Waals surface area contributed by atoms with Gasteiger partial charge in [-0.1, -0.05) is 59.3 Å². The van der Waals surface area contributed by atoms with E-state index in [1.54, 1.807) is 0 Å². The van der Waals surface area contributed by atoms with Crippen LogP contribution in [-0.4, -0.2) is 5.48 Å². The fourth-order valence-electron chi connectivity index (χ4n) is 1.60. The fraction of sp³-hybridized carbons (Fsp3) is 1.00. The maximum absolute atomic E-state index is 2.32. The second kappa shape index (κ2) is 9.96. The van der Waals surface area contributed by atoms with E-state index in [1.807, 2.05) is 13.8 Å². The van der Waals surface area contributed by atoms with Gasteiger partial charge in [0.1, 0.15) is 0 Å². The van der Waals surface area contributed by atoms with Crippen molar-refractivity contribution in [2.75, 3.05) is 0 Å². The van der Waals surface area contributed by atoms with Crippen LogP contribution < -0.4 is 0 Å². The van der Waals surface area contributed by atoms with Gasteiger partial charge in [-0.15, -0.1) is 0 Å². The number of hydrogen-bond donors (Lipinski definition) is 0. The highest BCUT2D eigenvalue weighted by Gasteiger charge is 2.09. The molecule has 0 unspecified atom stereocenters. The van der Waals surface area contributed by atoms with Crippen molar-refractivity contribution in [1.82, 2.24) is 0 Å². The van der Waals surface area contributed by atoms with Crippen molar-refractivity contribution in [2.45, 2.75) is 59.3 Å². The average molecular weight is 160 g/mol. The highest BCUT2D eigenvalue weighted by molar-refractivity contribution is 4.63. The largest absolute Gasteiger partial charge is 0.412 e. The Morgan fingerprint density at radius 2 is 1.45 bits per heavy atom. The predicted molar refractivity (Wildman–Crippen MR) is 51.8 cm³/mol. The minimum Gasteiger partial charge on any atom is -0.412 e. The number of hydrogen-bond acceptors (Lipinski definition) is 0. The first-order valence-corrected chi connectivity index (χ1v) is 4.93. The normalized spacial score (nSPS) is 17.7. The van der Waals surface area contributed by atoms with Gasteiger partial charge in [0.25, 0.3) is 0 Å². The zero-order valence-electron chi connectivity index (χ0n) is 8.32. The van der Waals surface area contributed by atoms with Gasteiger partial charge in [-0.05, 0) is 5.92 Å². The van der Waals surface area contributed by atoms with Crippen LogP contribution in [0.15, 0.2) is 0 Å². The van der Waals surface area contributed by atoms with Crippen molar-refractivity contribution in [3.05, 3.63) is 0 Å². The molecule has 0 aromatic carbocycles. The van der Waals surface area contributed by atoms with E-state index in [2.05, 4.69) is 6.92 Å². The molecule has 1 rings (SSSR count). The molecule has 1 fully saturated rings. The lowest BCUT2D eigenvalue weighted by Crippen LogP contribution is -2.03. The van der Waals surface area contributed by atoms with Gasteiger partial charge in [0, 0.05) is 0 Å². The summed E-state index contributed by atoms with van der Waals surface area (Å²) in [6.45, 7) is 6.32. The van der Waals surface area contributed by atoms with E-state index in [1.165, 1.54) is 38.5 Å². The molecule has 1 saturated carbocycles. The molecule has 2 N–H and O–H groups in total. The molecule has 0 spiro atoms. The van der Waals surface area contributed by atoms with E-state index in [9.17, 15) is 0 Å². The first-order valence-electron chi connectivity index (χ1n) is 4.93. The molecule has 1 heteroatoms. The van der Waals surface area contributed by atoms with E-state index < -0.39 is 0 Å². The van der Waals surface area contributed by atoms with Crippen LogP contribution >= 0.6 is 0 Å². The molecule has 11 heavy (non-hydrogen) atoms. The molecule has 0 heterocycles. The summed E-state index contributed by atoms with van der Waals surface area (Å²) in [6.07, 6.45) is 8.93. The van der Waals surface area contributed by atoms with Gasteiger partial charge in [-0.3, -0.25) is 0 Å². The van der Waals surface area contributed by atoms with E-state index in [0.29, 0.717) is 0 Å². The smallest absolute Gasteiger partial charge is 0.0417 e. The third-order valence-corrected chi connectivity index (χ3v) is 2.30. The van der Waals surface area contributed by atoms with Crippen molar-refractivity contribution in [2.24, 2.45) is 5.92 Å². The molecule has 0 aliphatic heterocycles. The summed E-state index contributed by atoms with van der Waals surface area (Å²) in [5.74, 6) is 1.09. The van der Waals surface area contributed by atoms with E-state index in [-0.39, 0.29) is 5.48 Å². The average Bonchev–Trinajstić information content (AvgIpc) is 2.10. The number of rotatable bonds is 1. The highest BCUT2D eigenvalue weighted by atomic mass is 16.0. The molecular weight excluding hydrogens is 136 g/mol. The standard InChI is InChI=1S/C8H16.C2H6.H2O/c1-2-8-6-4-3-5-7-8;1-2;/h8H,2-7H2,1H3;1-2H3;1H2. The van der Waals surface area contributed by atoms with Gasteiger partial charge in [-0.25, -0.2) is 0 Å². The fourth-order valence-corrected chi connectivity index (χ4v) is 1.60. The SMILES string of the molecule is CC.CCC1CCCCC1.O. The molecule has 1 aliphatic carbocycles. The van der Waals surface area contributed by atoms with Gasteiger partial charge in [-0.2, -0.15) is 0 Å². The first-order chi connectivity index (χ1) is 4.93. The predicted octanol–water partition coefficient (Wildman–Crippen LogP) is 3.18. The lowest BCUT2D eigenvalue weighted by molar-refractivity contribution is 0.349. The van der Waals surface area contributed by atoms with E-state index >= 15 is 0 Å². The summed E-state index contributed by atoms with van der Waals surface area (Å²) in [5, 5.41) is 0. The second-order valence-corrected chi connectivity index (χ2v) is 2.91. The molecule has 0 atom stereocenters. The lowest BCUT2D eigenvalue weighted by Gasteiger charge is -2.18. The van der Waals surface area contributed by atoms with Crippen molar-refractivity contribution >= 4 is 0 Å². The monoisotopic (exact) mass is 160 g/mol. The maximum Gasteiger partial charge on any atom is -0.0417 e. The van der Waals surface area contributed by atoms with Crippen LogP contribution in [0.25, 0.3) is 0 Å². The Morgan fingerprint density at radius 3 is 1.73 bits per heavy atom. The summed E-state index contributed by atoms with van der Waals surface area (Å²) < 4.78 is 0. The summed E-state index contributed by atoms with van der Waals surface area (Å²) in [4.78, 5) is 0. The van der Waals surface area contributed by atoms with Crippen molar-refractivity contribution < 1.29 is 5.48 Å². The highest BCUT2D eigenvalue weighted by Crippen LogP contribution is 2.25. The molecule has 1 nitrogen and oxygen atoms in total. The Bertz CT molecular complexity index is 55.9. The van der Waals surface area contributed by atoms with Crippen molar-refractivity contribution in [1.29, 1.82) is 0 Å². The minimum absolute atomic E-state index is 0. The van der Waals surface area contributed by atoms with Crippen LogP contribution in [0.5, 0.6) is 0 Å². The van der Waals surface area contributed by atoms with Crippen LogP contribution in [0.2, 0.25) is 0 Å². The Hall–Kier alpha value is -0.0400. The van der Waals surface area contributed by atoms with Crippen molar-refractivity contribution in [3.8, 4) is 0 Å². The van der Waals surface area contributed by atoms with Crippen LogP contribution in [0.3, 0.4) is 0 Å². The zero-order valence-corrected chi connectivity index (χ0v) is 8.32. The molecule has 1 aliphatic rings. The summed E-state index contributed by atoms with van der Waals surface area (Å²) >= 11 is 0. The topological polar surface area (TPSA) is 31.5 Å². The van der Waals surface area contributed by atoms with Crippen LogP contribution in [0.4, 0.5) is 0 Å². The van der Waals surface area contributed by atoms with Crippen LogP contribution in [0.1, 0.15) is 59.3 Å². The molecule has 0 radical (unpaired) electrons. The van der Waals surface area contributed by atoms with Gasteiger partial charge >= 0.3 is 0 Å². The summed E-state index contributed by atoms with van der Waals surface area (Å²) in [5.41, 5.74) is 0. The molecule has 0 aromatic heterocycles. The van der Waals surface area contributed by atoms with E-state index in [4.69, 9.17) is 0 Å². The molecule has 0 aromatic rings. The van der Waals surface area contributed by atoms with Gasteiger partial charge in [0.15, 0.2) is 0 Å². The molecule has 0 saturated heterocycles. The second-order valence-electron chi connectivity index (χ2n) is 2.91. The van der Waals surface area contributed by atoms with Crippen LogP contribution in [-0.2, 0) is 0 Å². The Labute approximate surface area is 71.5 Å². The summed E-state index contributed by atoms with van der Waals surface area (Å²) in [6, 6.07) is 0. The Morgan fingerprint density at radius 1 is 1.00 bits per heavy atom. The first kappa shape index (κ1) is 13.5. The molecule has 70 valence electrons. The third kappa shape index (κ3) is 6.36. The molecule has 0 bridgehead atoms. The molecular formula is C10H24O. The Balaban J connectivity index is 0. The lowest BCUT2D eigenvalue weighted by atomic mass is 9.88. The van der Waals surface area contributed by atoms with Crippen molar-refractivity contribution in [3.63, 3.8) is 0 Å². The zero-order chi connectivity index (χ0) is 7.82. The molecule has 0 amide bonds. The maximum atomic E-state index is 2.32. The summed E-state index contributed by atoms with van der Waals surface area (Å²) in [7, 11) is 0. The minimum atomic E-state index is 0. The van der Waals surface area contributed by atoms with E-state index in [0.717, 1.165) is 5.92 Å². The van der Waals surface area contributed by atoms with Crippen LogP contribution in [0, 0.1) is 5.92 Å². The van der Waals surface area contributed by atoms with Gasteiger partial charge < -0.3 is 5.48 Å². The Kier molecular flexibility index (Phi) is 12.3. The quantitative estimate of drug-likeness (QED) is 0.564. The van der Waals surface area contributed by atoms with Gasteiger partial charge in [0.2, 0.25) is 0 Å². The third-order valence-electron chi connectivity index (χ3n) is 2.30.